The molecule has 0 radical (unpaired) electrons. The van der Waals surface area contributed by atoms with Gasteiger partial charge in [-0.1, -0.05) is 28.1 Å². The number of halogens is 1. The molecule has 0 aliphatic carbocycles. The van der Waals surface area contributed by atoms with Crippen molar-refractivity contribution in [2.45, 2.75) is 6.92 Å². The standard InChI is InChI=1S/C14H15BrO2/c1-2-16-8-9-17-14-5-3-4-11-10-12(15)6-7-13(11)14/h3-7,10H,2,8-9H2,1H3. The molecule has 2 nitrogen and oxygen atoms in total. The third-order valence-corrected chi connectivity index (χ3v) is 2.99. The van der Waals surface area contributed by atoms with Gasteiger partial charge in [0.1, 0.15) is 12.4 Å². The molecule has 0 heterocycles. The lowest BCUT2D eigenvalue weighted by molar-refractivity contribution is 0.111. The minimum Gasteiger partial charge on any atom is -0.491 e. The molecule has 2 aromatic carbocycles. The first kappa shape index (κ1) is 12.4. The second-order valence-corrected chi connectivity index (χ2v) is 4.58. The van der Waals surface area contributed by atoms with E-state index in [4.69, 9.17) is 9.47 Å². The van der Waals surface area contributed by atoms with E-state index < -0.39 is 0 Å². The zero-order valence-corrected chi connectivity index (χ0v) is 11.4. The zero-order chi connectivity index (χ0) is 12.1. The maximum absolute atomic E-state index is 5.72. The lowest BCUT2D eigenvalue weighted by Gasteiger charge is -2.09. The van der Waals surface area contributed by atoms with Crippen LogP contribution in [0, 0.1) is 0 Å². The zero-order valence-electron chi connectivity index (χ0n) is 9.78. The van der Waals surface area contributed by atoms with E-state index in [1.54, 1.807) is 0 Å². The molecule has 0 bridgehead atoms. The number of hydrogen-bond donors (Lipinski definition) is 0. The van der Waals surface area contributed by atoms with Gasteiger partial charge in [-0.2, -0.15) is 0 Å². The van der Waals surface area contributed by atoms with Crippen LogP contribution in [0.5, 0.6) is 5.75 Å². The fourth-order valence-corrected chi connectivity index (χ4v) is 2.08. The summed E-state index contributed by atoms with van der Waals surface area (Å²) in [6, 6.07) is 12.3. The molecule has 90 valence electrons. The maximum atomic E-state index is 5.72. The summed E-state index contributed by atoms with van der Waals surface area (Å²) < 4.78 is 12.1. The minimum absolute atomic E-state index is 0.586. The van der Waals surface area contributed by atoms with E-state index in [2.05, 4.69) is 34.1 Å². The Labute approximate surface area is 110 Å². The van der Waals surface area contributed by atoms with E-state index in [-0.39, 0.29) is 0 Å². The number of benzene rings is 2. The van der Waals surface area contributed by atoms with Crippen LogP contribution in [-0.2, 0) is 4.74 Å². The molecular formula is C14H15BrO2. The Hall–Kier alpha value is -1.06. The molecule has 0 spiro atoms. The van der Waals surface area contributed by atoms with Crippen LogP contribution in [-0.4, -0.2) is 19.8 Å². The number of ether oxygens (including phenoxy) is 2. The third-order valence-electron chi connectivity index (χ3n) is 2.49. The monoisotopic (exact) mass is 294 g/mol. The van der Waals surface area contributed by atoms with E-state index in [0.717, 1.165) is 22.2 Å². The van der Waals surface area contributed by atoms with Crippen molar-refractivity contribution in [3.8, 4) is 5.75 Å². The lowest BCUT2D eigenvalue weighted by Crippen LogP contribution is -2.06. The van der Waals surface area contributed by atoms with Crippen LogP contribution < -0.4 is 4.74 Å². The van der Waals surface area contributed by atoms with Gasteiger partial charge in [-0.3, -0.25) is 0 Å². The molecule has 0 unspecified atom stereocenters. The van der Waals surface area contributed by atoms with E-state index >= 15 is 0 Å². The normalized spacial score (nSPS) is 10.7. The van der Waals surface area contributed by atoms with Gasteiger partial charge in [0.05, 0.1) is 6.61 Å². The van der Waals surface area contributed by atoms with Crippen molar-refractivity contribution in [2.75, 3.05) is 19.8 Å². The van der Waals surface area contributed by atoms with Crippen LogP contribution in [0.15, 0.2) is 40.9 Å². The van der Waals surface area contributed by atoms with Crippen LogP contribution in [0.2, 0.25) is 0 Å². The van der Waals surface area contributed by atoms with Gasteiger partial charge in [0.25, 0.3) is 0 Å². The van der Waals surface area contributed by atoms with E-state index in [1.165, 1.54) is 5.39 Å². The highest BCUT2D eigenvalue weighted by atomic mass is 79.9. The summed E-state index contributed by atoms with van der Waals surface area (Å²) >= 11 is 3.47. The molecule has 17 heavy (non-hydrogen) atoms. The molecule has 3 heteroatoms. The van der Waals surface area contributed by atoms with Gasteiger partial charge in [0.2, 0.25) is 0 Å². The van der Waals surface area contributed by atoms with Crippen LogP contribution in [0.4, 0.5) is 0 Å². The van der Waals surface area contributed by atoms with Crippen molar-refractivity contribution >= 4 is 26.7 Å². The molecule has 0 amide bonds. The minimum atomic E-state index is 0.586. The summed E-state index contributed by atoms with van der Waals surface area (Å²) in [6.45, 7) is 3.92. The number of hydrogen-bond acceptors (Lipinski definition) is 2. The average Bonchev–Trinajstić information content (AvgIpc) is 2.34. The fourth-order valence-electron chi connectivity index (χ4n) is 1.71. The highest BCUT2D eigenvalue weighted by molar-refractivity contribution is 9.10. The van der Waals surface area contributed by atoms with Gasteiger partial charge in [0.15, 0.2) is 0 Å². The summed E-state index contributed by atoms with van der Waals surface area (Å²) in [7, 11) is 0. The van der Waals surface area contributed by atoms with Crippen molar-refractivity contribution in [2.24, 2.45) is 0 Å². The van der Waals surface area contributed by atoms with E-state index in [0.29, 0.717) is 13.2 Å². The largest absolute Gasteiger partial charge is 0.491 e. The summed E-state index contributed by atoms with van der Waals surface area (Å²) in [5.74, 6) is 0.912. The van der Waals surface area contributed by atoms with Crippen LogP contribution in [0.1, 0.15) is 6.92 Å². The van der Waals surface area contributed by atoms with Crippen molar-refractivity contribution in [1.29, 1.82) is 0 Å². The summed E-state index contributed by atoms with van der Waals surface area (Å²) in [5.41, 5.74) is 0. The molecule has 0 N–H and O–H groups in total. The molecule has 2 rings (SSSR count). The Bertz CT molecular complexity index is 497. The first-order valence-electron chi connectivity index (χ1n) is 5.70. The van der Waals surface area contributed by atoms with E-state index in [9.17, 15) is 0 Å². The van der Waals surface area contributed by atoms with Crippen molar-refractivity contribution in [3.63, 3.8) is 0 Å². The Balaban J connectivity index is 2.16. The number of fused-ring (bicyclic) bond motifs is 1. The predicted molar refractivity (Wildman–Crippen MR) is 73.6 cm³/mol. The maximum Gasteiger partial charge on any atom is 0.127 e. The lowest BCUT2D eigenvalue weighted by atomic mass is 10.1. The van der Waals surface area contributed by atoms with Crippen LogP contribution >= 0.6 is 15.9 Å². The molecule has 2 aromatic rings. The molecule has 0 aromatic heterocycles. The fraction of sp³-hybridized carbons (Fsp3) is 0.286. The van der Waals surface area contributed by atoms with Crippen molar-refractivity contribution < 1.29 is 9.47 Å². The third kappa shape index (κ3) is 3.20. The first-order valence-corrected chi connectivity index (χ1v) is 6.49. The predicted octanol–water partition coefficient (Wildman–Crippen LogP) is 4.02. The summed E-state index contributed by atoms with van der Waals surface area (Å²) in [5, 5.41) is 2.31. The summed E-state index contributed by atoms with van der Waals surface area (Å²) in [4.78, 5) is 0. The average molecular weight is 295 g/mol. The molecular weight excluding hydrogens is 280 g/mol. The molecule has 0 atom stereocenters. The van der Waals surface area contributed by atoms with Gasteiger partial charge in [0, 0.05) is 16.5 Å². The summed E-state index contributed by atoms with van der Waals surface area (Å²) in [6.07, 6.45) is 0. The van der Waals surface area contributed by atoms with Gasteiger partial charge in [-0.05, 0) is 36.6 Å². The van der Waals surface area contributed by atoms with Crippen LogP contribution in [0.25, 0.3) is 10.8 Å². The Morgan fingerprint density at radius 2 is 2.00 bits per heavy atom. The number of rotatable bonds is 5. The molecule has 0 aliphatic heterocycles. The molecule has 0 aliphatic rings. The SMILES string of the molecule is CCOCCOc1cccc2cc(Br)ccc12. The Morgan fingerprint density at radius 3 is 2.82 bits per heavy atom. The smallest absolute Gasteiger partial charge is 0.127 e. The van der Waals surface area contributed by atoms with Gasteiger partial charge in [-0.25, -0.2) is 0 Å². The van der Waals surface area contributed by atoms with E-state index in [1.807, 2.05) is 25.1 Å². The van der Waals surface area contributed by atoms with Crippen LogP contribution in [0.3, 0.4) is 0 Å². The Morgan fingerprint density at radius 1 is 1.12 bits per heavy atom. The second-order valence-electron chi connectivity index (χ2n) is 3.67. The van der Waals surface area contributed by atoms with Gasteiger partial charge >= 0.3 is 0 Å². The second kappa shape index (κ2) is 6.03. The quantitative estimate of drug-likeness (QED) is 0.776. The van der Waals surface area contributed by atoms with Crippen molar-refractivity contribution in [3.05, 3.63) is 40.9 Å². The Kier molecular flexibility index (Phi) is 4.40. The molecule has 0 fully saturated rings. The van der Waals surface area contributed by atoms with Crippen molar-refractivity contribution in [1.82, 2.24) is 0 Å². The molecule has 0 saturated heterocycles. The van der Waals surface area contributed by atoms with Gasteiger partial charge < -0.3 is 9.47 Å². The topological polar surface area (TPSA) is 18.5 Å². The van der Waals surface area contributed by atoms with Gasteiger partial charge in [-0.15, -0.1) is 0 Å². The highest BCUT2D eigenvalue weighted by Gasteiger charge is 2.02. The first-order chi connectivity index (χ1) is 8.31. The molecule has 0 saturated carbocycles. The highest BCUT2D eigenvalue weighted by Crippen LogP contribution is 2.27.